The summed E-state index contributed by atoms with van der Waals surface area (Å²) in [6.45, 7) is 6.58. The second-order valence-electron chi connectivity index (χ2n) is 8.81. The number of guanidine groups is 1. The van der Waals surface area contributed by atoms with Crippen LogP contribution in [0.3, 0.4) is 0 Å². The van der Waals surface area contributed by atoms with Crippen LogP contribution in [0, 0.1) is 11.8 Å². The van der Waals surface area contributed by atoms with Crippen molar-refractivity contribution in [3.8, 4) is 0 Å². The van der Waals surface area contributed by atoms with E-state index in [0.29, 0.717) is 30.0 Å². The summed E-state index contributed by atoms with van der Waals surface area (Å²) in [6.07, 6.45) is 7.71. The SMILES string of the molecule is CC(C)CN=C(NCC1CCS(=O)(=O)C1)NC1CCOC2(CCCC2)C1.I. The van der Waals surface area contributed by atoms with Crippen molar-refractivity contribution < 1.29 is 13.2 Å². The number of hydrogen-bond donors (Lipinski definition) is 2. The summed E-state index contributed by atoms with van der Waals surface area (Å²) in [5, 5.41) is 7.03. The summed E-state index contributed by atoms with van der Waals surface area (Å²) < 4.78 is 29.5. The van der Waals surface area contributed by atoms with Crippen molar-refractivity contribution in [2.75, 3.05) is 31.2 Å². The van der Waals surface area contributed by atoms with Crippen LogP contribution in [-0.4, -0.2) is 57.2 Å². The molecule has 3 rings (SSSR count). The summed E-state index contributed by atoms with van der Waals surface area (Å²) in [5.41, 5.74) is 0.0819. The van der Waals surface area contributed by atoms with E-state index >= 15 is 0 Å². The molecule has 2 atom stereocenters. The predicted octanol–water partition coefficient (Wildman–Crippen LogP) is 2.72. The predicted molar refractivity (Wildman–Crippen MR) is 121 cm³/mol. The molecule has 0 bridgehead atoms. The molecule has 0 radical (unpaired) electrons. The Balaban J connectivity index is 0.00000261. The van der Waals surface area contributed by atoms with Crippen LogP contribution in [0.5, 0.6) is 0 Å². The average molecular weight is 513 g/mol. The Kier molecular flexibility index (Phi) is 8.67. The van der Waals surface area contributed by atoms with Crippen molar-refractivity contribution in [2.24, 2.45) is 16.8 Å². The maximum atomic E-state index is 11.7. The smallest absolute Gasteiger partial charge is 0.191 e. The quantitative estimate of drug-likeness (QED) is 0.336. The first-order valence-electron chi connectivity index (χ1n) is 10.3. The van der Waals surface area contributed by atoms with Crippen LogP contribution >= 0.6 is 24.0 Å². The molecule has 27 heavy (non-hydrogen) atoms. The molecule has 3 aliphatic rings. The number of halogens is 1. The minimum atomic E-state index is -2.83. The van der Waals surface area contributed by atoms with Crippen molar-refractivity contribution in [1.82, 2.24) is 10.6 Å². The lowest BCUT2D eigenvalue weighted by atomic mass is 9.89. The minimum absolute atomic E-state index is 0. The summed E-state index contributed by atoms with van der Waals surface area (Å²) in [7, 11) is -2.83. The topological polar surface area (TPSA) is 79.8 Å². The minimum Gasteiger partial charge on any atom is -0.375 e. The highest BCUT2D eigenvalue weighted by Gasteiger charge is 2.40. The fourth-order valence-electron chi connectivity index (χ4n) is 4.41. The third kappa shape index (κ3) is 7.03. The first kappa shape index (κ1) is 23.2. The third-order valence-electron chi connectivity index (χ3n) is 5.85. The lowest BCUT2D eigenvalue weighted by molar-refractivity contribution is -0.0815. The van der Waals surface area contributed by atoms with Crippen LogP contribution < -0.4 is 10.6 Å². The Morgan fingerprint density at radius 2 is 2.00 bits per heavy atom. The van der Waals surface area contributed by atoms with Crippen molar-refractivity contribution in [2.45, 2.75) is 70.4 Å². The highest BCUT2D eigenvalue weighted by atomic mass is 127. The maximum Gasteiger partial charge on any atom is 0.191 e. The number of sulfone groups is 1. The van der Waals surface area contributed by atoms with Gasteiger partial charge >= 0.3 is 0 Å². The van der Waals surface area contributed by atoms with E-state index in [9.17, 15) is 8.42 Å². The number of rotatable bonds is 5. The fourth-order valence-corrected chi connectivity index (χ4v) is 6.27. The first-order valence-corrected chi connectivity index (χ1v) is 12.1. The molecular formula is C19H36IN3O3S. The van der Waals surface area contributed by atoms with E-state index in [1.807, 2.05) is 0 Å². The van der Waals surface area contributed by atoms with Crippen molar-refractivity contribution in [1.29, 1.82) is 0 Å². The van der Waals surface area contributed by atoms with E-state index in [-0.39, 0.29) is 35.5 Å². The molecule has 6 nitrogen and oxygen atoms in total. The molecule has 2 aliphatic heterocycles. The van der Waals surface area contributed by atoms with Gasteiger partial charge < -0.3 is 15.4 Å². The van der Waals surface area contributed by atoms with Gasteiger partial charge in [0.1, 0.15) is 0 Å². The number of aliphatic imine (C=N–C) groups is 1. The monoisotopic (exact) mass is 513 g/mol. The zero-order valence-corrected chi connectivity index (χ0v) is 19.9. The van der Waals surface area contributed by atoms with Crippen LogP contribution in [0.25, 0.3) is 0 Å². The van der Waals surface area contributed by atoms with Gasteiger partial charge in [-0.2, -0.15) is 0 Å². The molecule has 0 aromatic carbocycles. The Labute approximate surface area is 181 Å². The number of hydrogen-bond acceptors (Lipinski definition) is 4. The molecule has 2 heterocycles. The van der Waals surface area contributed by atoms with Crippen LogP contribution in [0.2, 0.25) is 0 Å². The molecule has 158 valence electrons. The van der Waals surface area contributed by atoms with Gasteiger partial charge in [0.2, 0.25) is 0 Å². The molecule has 1 saturated carbocycles. The molecule has 8 heteroatoms. The Bertz CT molecular complexity index is 603. The van der Waals surface area contributed by atoms with Gasteiger partial charge in [-0.25, -0.2) is 8.42 Å². The van der Waals surface area contributed by atoms with E-state index in [4.69, 9.17) is 9.73 Å². The molecular weight excluding hydrogens is 477 g/mol. The van der Waals surface area contributed by atoms with E-state index < -0.39 is 9.84 Å². The molecule has 2 saturated heterocycles. The van der Waals surface area contributed by atoms with E-state index in [1.165, 1.54) is 25.7 Å². The highest BCUT2D eigenvalue weighted by molar-refractivity contribution is 14.0. The second kappa shape index (κ2) is 10.1. The molecule has 1 spiro atoms. The van der Waals surface area contributed by atoms with Crippen LogP contribution in [-0.2, 0) is 14.6 Å². The zero-order valence-electron chi connectivity index (χ0n) is 16.7. The van der Waals surface area contributed by atoms with Crippen molar-refractivity contribution in [3.63, 3.8) is 0 Å². The highest BCUT2D eigenvalue weighted by Crippen LogP contribution is 2.39. The Morgan fingerprint density at radius 3 is 2.63 bits per heavy atom. The van der Waals surface area contributed by atoms with Gasteiger partial charge in [-0.1, -0.05) is 26.7 Å². The second-order valence-corrected chi connectivity index (χ2v) is 11.0. The van der Waals surface area contributed by atoms with Gasteiger partial charge in [0.05, 0.1) is 17.1 Å². The third-order valence-corrected chi connectivity index (χ3v) is 7.69. The van der Waals surface area contributed by atoms with Gasteiger partial charge in [0, 0.05) is 25.7 Å². The summed E-state index contributed by atoms with van der Waals surface area (Å²) in [4.78, 5) is 4.73. The molecule has 0 aromatic heterocycles. The maximum absolute atomic E-state index is 11.7. The fraction of sp³-hybridized carbons (Fsp3) is 0.947. The van der Waals surface area contributed by atoms with Gasteiger partial charge in [-0.3, -0.25) is 4.99 Å². The van der Waals surface area contributed by atoms with E-state index in [1.54, 1.807) is 0 Å². The van der Waals surface area contributed by atoms with Crippen molar-refractivity contribution >= 4 is 39.8 Å². The Morgan fingerprint density at radius 1 is 1.26 bits per heavy atom. The molecule has 2 unspecified atom stereocenters. The summed E-state index contributed by atoms with van der Waals surface area (Å²) in [5.74, 6) is 2.16. The summed E-state index contributed by atoms with van der Waals surface area (Å²) >= 11 is 0. The van der Waals surface area contributed by atoms with Crippen LogP contribution in [0.4, 0.5) is 0 Å². The van der Waals surface area contributed by atoms with Crippen LogP contribution in [0.15, 0.2) is 4.99 Å². The standard InChI is InChI=1S/C19H35N3O3S.HI/c1-15(2)12-20-18(21-13-16-6-10-26(23,24)14-16)22-17-5-9-25-19(11-17)7-3-4-8-19;/h15-17H,3-14H2,1-2H3,(H2,20,21,22);1H. The largest absolute Gasteiger partial charge is 0.375 e. The van der Waals surface area contributed by atoms with Crippen molar-refractivity contribution in [3.05, 3.63) is 0 Å². The van der Waals surface area contributed by atoms with Gasteiger partial charge in [0.25, 0.3) is 0 Å². The zero-order chi connectivity index (χ0) is 18.6. The normalized spacial score (nSPS) is 29.7. The molecule has 3 fully saturated rings. The molecule has 0 aromatic rings. The molecule has 0 amide bonds. The number of ether oxygens (including phenoxy) is 1. The summed E-state index contributed by atoms with van der Waals surface area (Å²) in [6, 6.07) is 0.382. The Hall–Kier alpha value is -0.0900. The lowest BCUT2D eigenvalue weighted by Gasteiger charge is -2.39. The number of nitrogens with zero attached hydrogens (tertiary/aromatic N) is 1. The average Bonchev–Trinajstić information content (AvgIpc) is 3.16. The molecule has 1 aliphatic carbocycles. The van der Waals surface area contributed by atoms with Crippen LogP contribution in [0.1, 0.15) is 58.8 Å². The molecule has 2 N–H and O–H groups in total. The van der Waals surface area contributed by atoms with Gasteiger partial charge in [-0.05, 0) is 43.9 Å². The van der Waals surface area contributed by atoms with E-state index in [0.717, 1.165) is 38.4 Å². The lowest BCUT2D eigenvalue weighted by Crippen LogP contribution is -2.51. The van der Waals surface area contributed by atoms with E-state index in [2.05, 4.69) is 24.5 Å². The van der Waals surface area contributed by atoms with Gasteiger partial charge in [0.15, 0.2) is 15.8 Å². The number of nitrogens with one attached hydrogen (secondary N) is 2. The first-order chi connectivity index (χ1) is 12.4. The van der Waals surface area contributed by atoms with Gasteiger partial charge in [-0.15, -0.1) is 24.0 Å².